The van der Waals surface area contributed by atoms with Crippen LogP contribution in [0.15, 0.2) is 30.3 Å². The third-order valence-corrected chi connectivity index (χ3v) is 4.56. The van der Waals surface area contributed by atoms with Gasteiger partial charge < -0.3 is 9.47 Å². The first-order chi connectivity index (χ1) is 10.8. The van der Waals surface area contributed by atoms with E-state index >= 15 is 0 Å². The average Bonchev–Trinajstić information content (AvgIpc) is 2.53. The molecule has 1 saturated heterocycles. The molecule has 0 radical (unpaired) electrons. The largest absolute Gasteiger partial charge is 0.469 e. The lowest BCUT2D eigenvalue weighted by atomic mass is 9.69. The Morgan fingerprint density at radius 2 is 2.00 bits per heavy atom. The van der Waals surface area contributed by atoms with E-state index in [2.05, 4.69) is 5.32 Å². The Kier molecular flexibility index (Phi) is 5.09. The summed E-state index contributed by atoms with van der Waals surface area (Å²) in [5.41, 5.74) is -0.280. The van der Waals surface area contributed by atoms with Crippen LogP contribution in [0, 0.1) is 5.41 Å². The molecule has 0 aromatic heterocycles. The second-order valence-electron chi connectivity index (χ2n) is 6.94. The molecular formula is C18H25NO4. The number of carbonyl (C=O) groups excluding carboxylic acids is 2. The molecule has 2 rings (SSSR count). The van der Waals surface area contributed by atoms with Crippen LogP contribution in [0.3, 0.4) is 0 Å². The summed E-state index contributed by atoms with van der Waals surface area (Å²) in [5, 5.41) is 3.47. The van der Waals surface area contributed by atoms with Crippen LogP contribution in [0.2, 0.25) is 0 Å². The molecule has 1 heterocycles. The van der Waals surface area contributed by atoms with Crippen molar-refractivity contribution < 1.29 is 19.1 Å². The predicted molar refractivity (Wildman–Crippen MR) is 86.7 cm³/mol. The summed E-state index contributed by atoms with van der Waals surface area (Å²) >= 11 is 0. The SMILES string of the molecule is COC(=O)CC[C@@]1(C(C)(C)C)N[C@@H](c2ccccc2)COC1=O. The van der Waals surface area contributed by atoms with Crippen LogP contribution in [-0.4, -0.2) is 31.2 Å². The molecule has 0 amide bonds. The van der Waals surface area contributed by atoms with Crippen molar-refractivity contribution in [2.24, 2.45) is 5.41 Å². The minimum atomic E-state index is -0.931. The summed E-state index contributed by atoms with van der Waals surface area (Å²) in [7, 11) is 1.35. The first kappa shape index (κ1) is 17.5. The van der Waals surface area contributed by atoms with Gasteiger partial charge in [0.1, 0.15) is 12.1 Å². The summed E-state index contributed by atoms with van der Waals surface area (Å²) in [4.78, 5) is 24.2. The normalized spacial score (nSPS) is 24.9. The standard InChI is InChI=1S/C18H25NO4/c1-17(2,3)18(11-10-15(20)22-4)16(21)23-12-14(19-18)13-8-6-5-7-9-13/h5-9,14,19H,10-12H2,1-4H3/t14-,18-/m1/s1. The van der Waals surface area contributed by atoms with Crippen molar-refractivity contribution in [3.05, 3.63) is 35.9 Å². The van der Waals surface area contributed by atoms with E-state index in [1.807, 2.05) is 51.1 Å². The molecule has 0 bridgehead atoms. The monoisotopic (exact) mass is 319 g/mol. The number of benzene rings is 1. The van der Waals surface area contributed by atoms with Gasteiger partial charge in [0.25, 0.3) is 0 Å². The zero-order chi connectivity index (χ0) is 17.1. The smallest absolute Gasteiger partial charge is 0.326 e. The summed E-state index contributed by atoms with van der Waals surface area (Å²) in [6.07, 6.45) is 0.503. The van der Waals surface area contributed by atoms with E-state index in [1.165, 1.54) is 7.11 Å². The van der Waals surface area contributed by atoms with Gasteiger partial charge in [-0.3, -0.25) is 14.9 Å². The fraction of sp³-hybridized carbons (Fsp3) is 0.556. The Morgan fingerprint density at radius 3 is 2.57 bits per heavy atom. The van der Waals surface area contributed by atoms with Crippen molar-refractivity contribution in [2.45, 2.75) is 45.2 Å². The Labute approximate surface area is 137 Å². The zero-order valence-corrected chi connectivity index (χ0v) is 14.2. The maximum Gasteiger partial charge on any atom is 0.326 e. The first-order valence-corrected chi connectivity index (χ1v) is 7.87. The lowest BCUT2D eigenvalue weighted by Crippen LogP contribution is -2.65. The molecule has 1 aromatic rings. The average molecular weight is 319 g/mol. The lowest BCUT2D eigenvalue weighted by Gasteiger charge is -2.48. The minimum absolute atomic E-state index is 0.0919. The molecule has 1 N–H and O–H groups in total. The number of methoxy groups -OCH3 is 1. The highest BCUT2D eigenvalue weighted by molar-refractivity contribution is 5.84. The molecule has 0 aliphatic carbocycles. The quantitative estimate of drug-likeness (QED) is 0.864. The van der Waals surface area contributed by atoms with Crippen molar-refractivity contribution in [2.75, 3.05) is 13.7 Å². The maximum atomic E-state index is 12.6. The molecule has 23 heavy (non-hydrogen) atoms. The van der Waals surface area contributed by atoms with E-state index in [4.69, 9.17) is 9.47 Å². The van der Waals surface area contributed by atoms with E-state index in [9.17, 15) is 9.59 Å². The van der Waals surface area contributed by atoms with Crippen molar-refractivity contribution in [1.82, 2.24) is 5.32 Å². The first-order valence-electron chi connectivity index (χ1n) is 7.87. The van der Waals surface area contributed by atoms with Gasteiger partial charge in [0.05, 0.1) is 13.2 Å². The van der Waals surface area contributed by atoms with Gasteiger partial charge in [0.2, 0.25) is 0 Å². The molecular weight excluding hydrogens is 294 g/mol. The molecule has 1 aliphatic rings. The number of nitrogens with one attached hydrogen (secondary N) is 1. The van der Waals surface area contributed by atoms with Crippen LogP contribution in [0.25, 0.3) is 0 Å². The molecule has 0 spiro atoms. The van der Waals surface area contributed by atoms with Crippen molar-refractivity contribution in [3.63, 3.8) is 0 Å². The highest BCUT2D eigenvalue weighted by Gasteiger charge is 2.53. The maximum absolute atomic E-state index is 12.6. The summed E-state index contributed by atoms with van der Waals surface area (Å²) in [6, 6.07) is 9.79. The van der Waals surface area contributed by atoms with Gasteiger partial charge in [0.15, 0.2) is 0 Å². The van der Waals surface area contributed by atoms with Gasteiger partial charge in [-0.05, 0) is 17.4 Å². The Morgan fingerprint density at radius 1 is 1.35 bits per heavy atom. The zero-order valence-electron chi connectivity index (χ0n) is 14.2. The topological polar surface area (TPSA) is 64.6 Å². The van der Waals surface area contributed by atoms with E-state index in [0.717, 1.165) is 5.56 Å². The molecule has 126 valence electrons. The molecule has 1 aliphatic heterocycles. The van der Waals surface area contributed by atoms with Crippen LogP contribution < -0.4 is 5.32 Å². The number of ether oxygens (including phenoxy) is 2. The number of carbonyl (C=O) groups is 2. The highest BCUT2D eigenvalue weighted by atomic mass is 16.5. The van der Waals surface area contributed by atoms with Crippen molar-refractivity contribution >= 4 is 11.9 Å². The lowest BCUT2D eigenvalue weighted by molar-refractivity contribution is -0.167. The van der Waals surface area contributed by atoms with E-state index < -0.39 is 11.0 Å². The Hall–Kier alpha value is -1.88. The van der Waals surface area contributed by atoms with Gasteiger partial charge in [-0.2, -0.15) is 0 Å². The minimum Gasteiger partial charge on any atom is -0.469 e. The van der Waals surface area contributed by atoms with Crippen LogP contribution in [0.4, 0.5) is 0 Å². The van der Waals surface area contributed by atoms with Gasteiger partial charge >= 0.3 is 11.9 Å². The van der Waals surface area contributed by atoms with E-state index in [1.54, 1.807) is 0 Å². The number of rotatable bonds is 4. The van der Waals surface area contributed by atoms with Gasteiger partial charge in [0, 0.05) is 6.42 Å². The van der Waals surface area contributed by atoms with Crippen molar-refractivity contribution in [3.8, 4) is 0 Å². The van der Waals surface area contributed by atoms with Gasteiger partial charge in [-0.25, -0.2) is 0 Å². The molecule has 2 atom stereocenters. The molecule has 1 aromatic carbocycles. The van der Waals surface area contributed by atoms with E-state index in [0.29, 0.717) is 13.0 Å². The Balaban J connectivity index is 2.30. The fourth-order valence-corrected chi connectivity index (χ4v) is 3.01. The number of hydrogen-bond acceptors (Lipinski definition) is 5. The van der Waals surface area contributed by atoms with Crippen LogP contribution >= 0.6 is 0 Å². The third-order valence-electron chi connectivity index (χ3n) is 4.56. The Bertz CT molecular complexity index is 564. The molecule has 5 heteroatoms. The fourth-order valence-electron chi connectivity index (χ4n) is 3.01. The van der Waals surface area contributed by atoms with Crippen molar-refractivity contribution in [1.29, 1.82) is 0 Å². The van der Waals surface area contributed by atoms with Crippen LogP contribution in [0.1, 0.15) is 45.2 Å². The molecule has 5 nitrogen and oxygen atoms in total. The number of hydrogen-bond donors (Lipinski definition) is 1. The van der Waals surface area contributed by atoms with Crippen LogP contribution in [-0.2, 0) is 19.1 Å². The summed E-state index contributed by atoms with van der Waals surface area (Å²) < 4.78 is 10.2. The van der Waals surface area contributed by atoms with Gasteiger partial charge in [-0.15, -0.1) is 0 Å². The number of cyclic esters (lactones) is 1. The molecule has 0 unspecified atom stereocenters. The molecule has 0 saturated carbocycles. The highest BCUT2D eigenvalue weighted by Crippen LogP contribution is 2.40. The predicted octanol–water partition coefficient (Wildman–Crippen LogP) is 2.61. The third kappa shape index (κ3) is 3.55. The summed E-state index contributed by atoms with van der Waals surface area (Å²) in [5.74, 6) is -0.633. The van der Waals surface area contributed by atoms with E-state index in [-0.39, 0.29) is 24.4 Å². The molecule has 1 fully saturated rings. The number of morpholine rings is 1. The van der Waals surface area contributed by atoms with Crippen LogP contribution in [0.5, 0.6) is 0 Å². The number of esters is 2. The summed E-state index contributed by atoms with van der Waals surface area (Å²) in [6.45, 7) is 6.22. The second kappa shape index (κ2) is 6.71. The van der Waals surface area contributed by atoms with Gasteiger partial charge in [-0.1, -0.05) is 51.1 Å². The second-order valence-corrected chi connectivity index (χ2v) is 6.94.